The second-order valence-corrected chi connectivity index (χ2v) is 4.16. The molecule has 1 N–H and O–H groups in total. The number of nitrogens with zero attached hydrogens (tertiary/aromatic N) is 3. The van der Waals surface area contributed by atoms with Gasteiger partial charge in [0.2, 0.25) is 0 Å². The maximum Gasteiger partial charge on any atom is 0.144 e. The van der Waals surface area contributed by atoms with Crippen LogP contribution in [0.4, 0.5) is 0 Å². The summed E-state index contributed by atoms with van der Waals surface area (Å²) in [6, 6.07) is 1.98. The Hall–Kier alpha value is -1.20. The molecule has 15 heavy (non-hydrogen) atoms. The second kappa shape index (κ2) is 4.55. The predicted molar refractivity (Wildman–Crippen MR) is 61.7 cm³/mol. The second-order valence-electron chi connectivity index (χ2n) is 3.30. The molecule has 0 bridgehead atoms. The summed E-state index contributed by atoms with van der Waals surface area (Å²) in [5.74, 6) is 0. The molecule has 2 heterocycles. The van der Waals surface area contributed by atoms with Gasteiger partial charge in [0.1, 0.15) is 10.7 Å². The van der Waals surface area contributed by atoms with E-state index in [2.05, 4.69) is 27.7 Å². The topological polar surface area (TPSA) is 42.7 Å². The van der Waals surface area contributed by atoms with Crippen LogP contribution >= 0.6 is 11.3 Å². The van der Waals surface area contributed by atoms with Crippen LogP contribution in [0.2, 0.25) is 0 Å². The minimum Gasteiger partial charge on any atom is -0.311 e. The van der Waals surface area contributed by atoms with Gasteiger partial charge >= 0.3 is 0 Å². The number of rotatable bonds is 4. The first-order valence-electron chi connectivity index (χ1n) is 4.94. The van der Waals surface area contributed by atoms with E-state index in [1.54, 1.807) is 16.0 Å². The molecule has 0 fully saturated rings. The van der Waals surface area contributed by atoms with E-state index in [4.69, 9.17) is 0 Å². The maximum atomic E-state index is 4.51. The fourth-order valence-corrected chi connectivity index (χ4v) is 2.07. The monoisotopic (exact) mass is 222 g/mol. The summed E-state index contributed by atoms with van der Waals surface area (Å²) in [7, 11) is 1.91. The SMILES string of the molecule is CCNCc1csc(-c2ccn(C)n2)n1. The van der Waals surface area contributed by atoms with Crippen molar-refractivity contribution in [3.8, 4) is 10.7 Å². The van der Waals surface area contributed by atoms with Crippen molar-refractivity contribution >= 4 is 11.3 Å². The van der Waals surface area contributed by atoms with Crippen LogP contribution in [0.1, 0.15) is 12.6 Å². The quantitative estimate of drug-likeness (QED) is 0.855. The third-order valence-electron chi connectivity index (χ3n) is 2.04. The lowest BCUT2D eigenvalue weighted by atomic mass is 10.4. The Bertz CT molecular complexity index is 432. The molecular formula is C10H14N4S. The molecule has 0 spiro atoms. The van der Waals surface area contributed by atoms with Crippen LogP contribution in [-0.2, 0) is 13.6 Å². The lowest BCUT2D eigenvalue weighted by molar-refractivity contribution is 0.714. The minimum absolute atomic E-state index is 0.833. The highest BCUT2D eigenvalue weighted by Crippen LogP contribution is 2.21. The summed E-state index contributed by atoms with van der Waals surface area (Å²) >= 11 is 1.64. The molecule has 0 aliphatic rings. The highest BCUT2D eigenvalue weighted by molar-refractivity contribution is 7.13. The molecule has 0 aromatic carbocycles. The van der Waals surface area contributed by atoms with Gasteiger partial charge in [-0.05, 0) is 12.6 Å². The van der Waals surface area contributed by atoms with Crippen molar-refractivity contribution in [2.24, 2.45) is 7.05 Å². The van der Waals surface area contributed by atoms with Crippen molar-refractivity contribution in [3.63, 3.8) is 0 Å². The van der Waals surface area contributed by atoms with Crippen molar-refractivity contribution < 1.29 is 0 Å². The van der Waals surface area contributed by atoms with Crippen LogP contribution in [0.3, 0.4) is 0 Å². The van der Waals surface area contributed by atoms with Gasteiger partial charge in [-0.15, -0.1) is 11.3 Å². The first kappa shape index (κ1) is 10.3. The van der Waals surface area contributed by atoms with E-state index in [9.17, 15) is 0 Å². The molecule has 0 unspecified atom stereocenters. The molecule has 0 atom stereocenters. The number of aryl methyl sites for hydroxylation is 1. The van der Waals surface area contributed by atoms with Crippen LogP contribution in [0.25, 0.3) is 10.7 Å². The van der Waals surface area contributed by atoms with E-state index in [0.717, 1.165) is 29.5 Å². The molecule has 2 rings (SSSR count). The number of aromatic nitrogens is 3. The number of hydrogen-bond acceptors (Lipinski definition) is 4. The molecule has 0 saturated carbocycles. The lowest BCUT2D eigenvalue weighted by Crippen LogP contribution is -2.11. The van der Waals surface area contributed by atoms with Gasteiger partial charge in [-0.25, -0.2) is 4.98 Å². The van der Waals surface area contributed by atoms with E-state index in [1.165, 1.54) is 0 Å². The smallest absolute Gasteiger partial charge is 0.144 e. The van der Waals surface area contributed by atoms with Gasteiger partial charge in [-0.2, -0.15) is 5.10 Å². The third-order valence-corrected chi connectivity index (χ3v) is 2.95. The summed E-state index contributed by atoms with van der Waals surface area (Å²) in [5, 5.41) is 10.6. The van der Waals surface area contributed by atoms with E-state index < -0.39 is 0 Å². The third kappa shape index (κ3) is 2.43. The van der Waals surface area contributed by atoms with Crippen LogP contribution in [0.15, 0.2) is 17.6 Å². The molecule has 0 saturated heterocycles. The molecule has 2 aromatic heterocycles. The summed E-state index contributed by atoms with van der Waals surface area (Å²) in [5.41, 5.74) is 2.03. The van der Waals surface area contributed by atoms with Crippen molar-refractivity contribution in [2.75, 3.05) is 6.54 Å². The van der Waals surface area contributed by atoms with Crippen molar-refractivity contribution in [2.45, 2.75) is 13.5 Å². The Morgan fingerprint density at radius 2 is 2.40 bits per heavy atom. The van der Waals surface area contributed by atoms with Gasteiger partial charge in [-0.1, -0.05) is 6.92 Å². The summed E-state index contributed by atoms with van der Waals surface area (Å²) in [6.45, 7) is 3.89. The Morgan fingerprint density at radius 3 is 3.07 bits per heavy atom. The first-order chi connectivity index (χ1) is 7.29. The lowest BCUT2D eigenvalue weighted by Gasteiger charge is -1.95. The molecule has 5 heteroatoms. The molecular weight excluding hydrogens is 208 g/mol. The van der Waals surface area contributed by atoms with Crippen LogP contribution in [0.5, 0.6) is 0 Å². The van der Waals surface area contributed by atoms with Gasteiger partial charge in [-0.3, -0.25) is 4.68 Å². The van der Waals surface area contributed by atoms with E-state index in [1.807, 2.05) is 19.3 Å². The number of thiazole rings is 1. The molecule has 4 nitrogen and oxygen atoms in total. The van der Waals surface area contributed by atoms with Crippen LogP contribution in [-0.4, -0.2) is 21.3 Å². The average molecular weight is 222 g/mol. The Balaban J connectivity index is 2.13. The summed E-state index contributed by atoms with van der Waals surface area (Å²) in [4.78, 5) is 4.51. The fourth-order valence-electron chi connectivity index (χ4n) is 1.29. The largest absolute Gasteiger partial charge is 0.311 e. The predicted octanol–water partition coefficient (Wildman–Crippen LogP) is 1.65. The molecule has 2 aromatic rings. The molecule has 0 aliphatic heterocycles. The van der Waals surface area contributed by atoms with Gasteiger partial charge in [0.25, 0.3) is 0 Å². The zero-order chi connectivity index (χ0) is 10.7. The van der Waals surface area contributed by atoms with E-state index in [-0.39, 0.29) is 0 Å². The Morgan fingerprint density at radius 1 is 1.53 bits per heavy atom. The number of hydrogen-bond donors (Lipinski definition) is 1. The molecule has 0 aliphatic carbocycles. The molecule has 0 amide bonds. The van der Waals surface area contributed by atoms with Crippen molar-refractivity contribution in [1.29, 1.82) is 0 Å². The van der Waals surface area contributed by atoms with Gasteiger partial charge in [0.15, 0.2) is 0 Å². The van der Waals surface area contributed by atoms with Crippen LogP contribution < -0.4 is 5.32 Å². The Labute approximate surface area is 93.0 Å². The zero-order valence-corrected chi connectivity index (χ0v) is 9.71. The normalized spacial score (nSPS) is 10.8. The average Bonchev–Trinajstić information content (AvgIpc) is 2.83. The molecule has 0 radical (unpaired) electrons. The zero-order valence-electron chi connectivity index (χ0n) is 8.90. The first-order valence-corrected chi connectivity index (χ1v) is 5.82. The highest BCUT2D eigenvalue weighted by atomic mass is 32.1. The van der Waals surface area contributed by atoms with E-state index >= 15 is 0 Å². The maximum absolute atomic E-state index is 4.51. The van der Waals surface area contributed by atoms with E-state index in [0.29, 0.717) is 0 Å². The standard InChI is InChI=1S/C10H14N4S/c1-3-11-6-8-7-15-10(12-8)9-4-5-14(2)13-9/h4-5,7,11H,3,6H2,1-2H3. The summed E-state index contributed by atoms with van der Waals surface area (Å²) < 4.78 is 1.79. The summed E-state index contributed by atoms with van der Waals surface area (Å²) in [6.07, 6.45) is 1.93. The van der Waals surface area contributed by atoms with Crippen molar-refractivity contribution in [3.05, 3.63) is 23.3 Å². The van der Waals surface area contributed by atoms with Gasteiger partial charge in [0.05, 0.1) is 5.69 Å². The molecule has 80 valence electrons. The van der Waals surface area contributed by atoms with Gasteiger partial charge < -0.3 is 5.32 Å². The Kier molecular flexibility index (Phi) is 3.13. The van der Waals surface area contributed by atoms with Gasteiger partial charge in [0, 0.05) is 25.2 Å². The van der Waals surface area contributed by atoms with Crippen molar-refractivity contribution in [1.82, 2.24) is 20.1 Å². The van der Waals surface area contributed by atoms with Crippen LogP contribution in [0, 0.1) is 0 Å². The highest BCUT2D eigenvalue weighted by Gasteiger charge is 2.06. The minimum atomic E-state index is 0.833. The fraction of sp³-hybridized carbons (Fsp3) is 0.400. The number of nitrogens with one attached hydrogen (secondary N) is 1.